The number of aryl methyl sites for hydroxylation is 1. The van der Waals surface area contributed by atoms with E-state index in [1.807, 2.05) is 48.5 Å². The fourth-order valence-corrected chi connectivity index (χ4v) is 4.80. The number of benzene rings is 4. The number of nitrogens with one attached hydrogen (secondary N) is 2. The highest BCUT2D eigenvalue weighted by Crippen LogP contribution is 2.24. The van der Waals surface area contributed by atoms with E-state index in [1.165, 1.54) is 0 Å². The Hall–Kier alpha value is -4.13. The van der Waals surface area contributed by atoms with E-state index >= 15 is 0 Å². The van der Waals surface area contributed by atoms with Gasteiger partial charge >= 0.3 is 6.03 Å². The van der Waals surface area contributed by atoms with Crippen LogP contribution in [0, 0.1) is 0 Å². The molecule has 0 aliphatic carbocycles. The number of hydrogen-bond acceptors (Lipinski definition) is 3. The first-order valence-corrected chi connectivity index (χ1v) is 13.4. The van der Waals surface area contributed by atoms with Gasteiger partial charge in [-0.25, -0.2) is 9.78 Å². The topological polar surface area (TPSA) is 76.0 Å². The summed E-state index contributed by atoms with van der Waals surface area (Å²) in [7, 11) is 0. The first-order chi connectivity index (χ1) is 18.9. The molecule has 0 atom stereocenters. The maximum absolute atomic E-state index is 13.7. The van der Waals surface area contributed by atoms with Gasteiger partial charge in [0.1, 0.15) is 5.82 Å². The minimum atomic E-state index is -0.460. The van der Waals surface area contributed by atoms with Gasteiger partial charge in [0, 0.05) is 17.1 Å². The molecule has 1 aromatic heterocycles. The molecule has 0 aliphatic rings. The monoisotopic (exact) mass is 556 g/mol. The number of amides is 2. The van der Waals surface area contributed by atoms with Gasteiger partial charge in [-0.3, -0.25) is 9.36 Å². The molecule has 4 aromatic carbocycles. The summed E-state index contributed by atoms with van der Waals surface area (Å²) in [4.78, 5) is 31.1. The summed E-state index contributed by atoms with van der Waals surface area (Å²) in [6.45, 7) is 2.45. The van der Waals surface area contributed by atoms with E-state index < -0.39 is 6.03 Å². The molecular weight excluding hydrogens is 531 g/mol. The fourth-order valence-electron chi connectivity index (χ4n) is 4.42. The second kappa shape index (κ2) is 11.7. The number of nitrogens with zero attached hydrogens (tertiary/aromatic N) is 2. The van der Waals surface area contributed by atoms with Crippen LogP contribution in [0.5, 0.6) is 0 Å². The lowest BCUT2D eigenvalue weighted by Gasteiger charge is -2.15. The normalized spacial score (nSPS) is 10.9. The second-order valence-corrected chi connectivity index (χ2v) is 10.0. The van der Waals surface area contributed by atoms with Crippen molar-refractivity contribution in [3.05, 3.63) is 123 Å². The van der Waals surface area contributed by atoms with E-state index in [2.05, 4.69) is 17.6 Å². The number of aromatic nitrogens is 2. The van der Waals surface area contributed by atoms with Crippen molar-refractivity contribution in [1.29, 1.82) is 0 Å². The SMILES string of the molecule is CCCc1nc2ccc(NC(=O)Nc3ccccc3Cl)cc2c(=O)n1Cc1ccc(-c2cccc(Cl)c2)cc1. The molecule has 0 spiro atoms. The van der Waals surface area contributed by atoms with Crippen LogP contribution in [0.1, 0.15) is 24.7 Å². The van der Waals surface area contributed by atoms with Crippen molar-refractivity contribution in [2.45, 2.75) is 26.3 Å². The lowest BCUT2D eigenvalue weighted by atomic mass is 10.0. The van der Waals surface area contributed by atoms with Gasteiger partial charge in [-0.05, 0) is 65.6 Å². The molecular formula is C31H26Cl2N4O2. The third kappa shape index (κ3) is 6.14. The standard InChI is InChI=1S/C31H26Cl2N4O2/c1-2-6-29-35-27-16-15-24(34-31(39)36-28-10-4-3-9-26(28)33)18-25(27)30(38)37(29)19-20-11-13-21(14-12-20)22-7-5-8-23(32)17-22/h3-5,7-18H,2,6,19H2,1H3,(H2,34,36,39). The van der Waals surface area contributed by atoms with Crippen LogP contribution in [-0.2, 0) is 13.0 Å². The smallest absolute Gasteiger partial charge is 0.308 e. The maximum atomic E-state index is 13.7. The van der Waals surface area contributed by atoms with E-state index in [-0.39, 0.29) is 5.56 Å². The molecule has 2 N–H and O–H groups in total. The minimum Gasteiger partial charge on any atom is -0.308 e. The highest BCUT2D eigenvalue weighted by atomic mass is 35.5. The minimum absolute atomic E-state index is 0.155. The van der Waals surface area contributed by atoms with E-state index in [9.17, 15) is 9.59 Å². The summed E-state index contributed by atoms with van der Waals surface area (Å²) in [5.41, 5.74) is 4.47. The zero-order valence-corrected chi connectivity index (χ0v) is 22.8. The van der Waals surface area contributed by atoms with Crippen LogP contribution < -0.4 is 16.2 Å². The Kier molecular flexibility index (Phi) is 7.96. The molecule has 196 valence electrons. The molecule has 2 amide bonds. The Labute approximate surface area is 236 Å². The van der Waals surface area contributed by atoms with E-state index in [4.69, 9.17) is 28.2 Å². The van der Waals surface area contributed by atoms with Gasteiger partial charge in [-0.15, -0.1) is 0 Å². The molecule has 0 saturated heterocycles. The van der Waals surface area contributed by atoms with Crippen LogP contribution in [0.3, 0.4) is 0 Å². The van der Waals surface area contributed by atoms with Crippen LogP contribution in [-0.4, -0.2) is 15.6 Å². The van der Waals surface area contributed by atoms with Gasteiger partial charge in [0.15, 0.2) is 0 Å². The summed E-state index contributed by atoms with van der Waals surface area (Å²) < 4.78 is 1.72. The second-order valence-electron chi connectivity index (χ2n) is 9.17. The fraction of sp³-hybridized carbons (Fsp3) is 0.129. The Balaban J connectivity index is 1.43. The molecule has 5 aromatic rings. The van der Waals surface area contributed by atoms with Crippen molar-refractivity contribution in [2.24, 2.45) is 0 Å². The third-order valence-electron chi connectivity index (χ3n) is 6.34. The number of halogens is 2. The van der Waals surface area contributed by atoms with E-state index in [0.717, 1.165) is 28.9 Å². The third-order valence-corrected chi connectivity index (χ3v) is 6.90. The molecule has 1 heterocycles. The molecule has 0 aliphatic heterocycles. The zero-order valence-electron chi connectivity index (χ0n) is 21.2. The Morgan fingerprint density at radius 1 is 0.872 bits per heavy atom. The number of carbonyl (C=O) groups excluding carboxylic acids is 1. The average molecular weight is 557 g/mol. The molecule has 0 fully saturated rings. The number of para-hydroxylation sites is 1. The first kappa shape index (κ1) is 26.5. The molecule has 0 unspecified atom stereocenters. The van der Waals surface area contributed by atoms with Crippen LogP contribution in [0.2, 0.25) is 10.0 Å². The number of rotatable bonds is 7. The van der Waals surface area contributed by atoms with E-state index in [0.29, 0.717) is 45.3 Å². The lowest BCUT2D eigenvalue weighted by molar-refractivity contribution is 0.262. The van der Waals surface area contributed by atoms with Gasteiger partial charge in [-0.2, -0.15) is 0 Å². The maximum Gasteiger partial charge on any atom is 0.323 e. The van der Waals surface area contributed by atoms with Crippen molar-refractivity contribution < 1.29 is 4.79 Å². The quantitative estimate of drug-likeness (QED) is 0.213. The number of carbonyl (C=O) groups is 1. The summed E-state index contributed by atoms with van der Waals surface area (Å²) in [5, 5.41) is 7.05. The molecule has 0 saturated carbocycles. The Morgan fingerprint density at radius 3 is 2.41 bits per heavy atom. The van der Waals surface area contributed by atoms with Gasteiger partial charge in [0.05, 0.1) is 28.2 Å². The van der Waals surface area contributed by atoms with E-state index in [1.54, 1.807) is 47.0 Å². The molecule has 8 heteroatoms. The largest absolute Gasteiger partial charge is 0.323 e. The lowest BCUT2D eigenvalue weighted by Crippen LogP contribution is -2.26. The predicted molar refractivity (Wildman–Crippen MR) is 160 cm³/mol. The summed E-state index contributed by atoms with van der Waals surface area (Å²) in [6, 6.07) is 27.4. The summed E-state index contributed by atoms with van der Waals surface area (Å²) in [5.74, 6) is 0.728. The van der Waals surface area contributed by atoms with Crippen LogP contribution in [0.15, 0.2) is 95.8 Å². The Bertz CT molecular complexity index is 1720. The van der Waals surface area contributed by atoms with Crippen LogP contribution >= 0.6 is 23.2 Å². The van der Waals surface area contributed by atoms with Gasteiger partial charge in [0.25, 0.3) is 5.56 Å². The van der Waals surface area contributed by atoms with Crippen LogP contribution in [0.25, 0.3) is 22.0 Å². The average Bonchev–Trinajstić information content (AvgIpc) is 2.93. The molecule has 5 rings (SSSR count). The van der Waals surface area contributed by atoms with Gasteiger partial charge in [0.2, 0.25) is 0 Å². The van der Waals surface area contributed by atoms with Crippen molar-refractivity contribution >= 4 is 51.5 Å². The highest BCUT2D eigenvalue weighted by Gasteiger charge is 2.13. The predicted octanol–water partition coefficient (Wildman–Crippen LogP) is 8.02. The highest BCUT2D eigenvalue weighted by molar-refractivity contribution is 6.33. The number of fused-ring (bicyclic) bond motifs is 1. The molecule has 0 radical (unpaired) electrons. The first-order valence-electron chi connectivity index (χ1n) is 12.6. The van der Waals surface area contributed by atoms with Gasteiger partial charge < -0.3 is 10.6 Å². The zero-order chi connectivity index (χ0) is 27.4. The van der Waals surface area contributed by atoms with Crippen molar-refractivity contribution in [3.8, 4) is 11.1 Å². The molecule has 6 nitrogen and oxygen atoms in total. The number of hydrogen-bond donors (Lipinski definition) is 2. The number of anilines is 2. The summed E-state index contributed by atoms with van der Waals surface area (Å²) in [6.07, 6.45) is 1.53. The summed E-state index contributed by atoms with van der Waals surface area (Å²) >= 11 is 12.3. The Morgan fingerprint density at radius 2 is 1.67 bits per heavy atom. The molecule has 39 heavy (non-hydrogen) atoms. The molecule has 0 bridgehead atoms. The van der Waals surface area contributed by atoms with Crippen molar-refractivity contribution in [1.82, 2.24) is 9.55 Å². The number of urea groups is 1. The van der Waals surface area contributed by atoms with Gasteiger partial charge in [-0.1, -0.05) is 78.7 Å². The van der Waals surface area contributed by atoms with Crippen LogP contribution in [0.4, 0.5) is 16.2 Å². The van der Waals surface area contributed by atoms with Crippen molar-refractivity contribution in [2.75, 3.05) is 10.6 Å². The van der Waals surface area contributed by atoms with Crippen molar-refractivity contribution in [3.63, 3.8) is 0 Å².